The van der Waals surface area contributed by atoms with Gasteiger partial charge in [0.2, 0.25) is 0 Å². The third-order valence-corrected chi connectivity index (χ3v) is 6.44. The molecule has 0 saturated carbocycles. The minimum absolute atomic E-state index is 0.154. The monoisotopic (exact) mass is 407 g/mol. The first-order chi connectivity index (χ1) is 14.2. The molecule has 3 aromatic heterocycles. The van der Waals surface area contributed by atoms with E-state index < -0.39 is 0 Å². The van der Waals surface area contributed by atoms with Gasteiger partial charge in [0.15, 0.2) is 10.8 Å². The van der Waals surface area contributed by atoms with Crippen LogP contribution in [0.2, 0.25) is 0 Å². The third kappa shape index (κ3) is 3.43. The summed E-state index contributed by atoms with van der Waals surface area (Å²) in [6, 6.07) is 7.91. The lowest BCUT2D eigenvalue weighted by atomic mass is 10.1. The van der Waals surface area contributed by atoms with Crippen molar-refractivity contribution in [2.75, 3.05) is 25.0 Å². The van der Waals surface area contributed by atoms with Gasteiger partial charge in [-0.25, -0.2) is 4.98 Å². The van der Waals surface area contributed by atoms with Crippen molar-refractivity contribution in [2.45, 2.75) is 18.9 Å². The highest BCUT2D eigenvalue weighted by atomic mass is 32.1. The number of nitrogens with one attached hydrogen (secondary N) is 1. The summed E-state index contributed by atoms with van der Waals surface area (Å²) in [4.78, 5) is 11.0. The van der Waals surface area contributed by atoms with Gasteiger partial charge in [0, 0.05) is 37.1 Å². The maximum absolute atomic E-state index is 10.6. The van der Waals surface area contributed by atoms with Crippen molar-refractivity contribution in [3.8, 4) is 22.7 Å². The average Bonchev–Trinajstić information content (AvgIpc) is 3.43. The second-order valence-electron chi connectivity index (χ2n) is 7.18. The van der Waals surface area contributed by atoms with Crippen molar-refractivity contribution in [3.63, 3.8) is 0 Å². The lowest BCUT2D eigenvalue weighted by Crippen LogP contribution is -2.41. The number of phenols is 1. The van der Waals surface area contributed by atoms with Crippen molar-refractivity contribution in [2.24, 2.45) is 0 Å². The van der Waals surface area contributed by atoms with E-state index in [-0.39, 0.29) is 5.75 Å². The van der Waals surface area contributed by atoms with Crippen LogP contribution in [0.15, 0.2) is 43.0 Å². The molecule has 1 aliphatic rings. The van der Waals surface area contributed by atoms with E-state index in [1.807, 2.05) is 29.0 Å². The molecule has 8 nitrogen and oxygen atoms in total. The largest absolute Gasteiger partial charge is 0.507 e. The Morgan fingerprint density at radius 1 is 1.21 bits per heavy atom. The molecule has 0 amide bonds. The van der Waals surface area contributed by atoms with Gasteiger partial charge in [-0.3, -0.25) is 0 Å². The molecule has 29 heavy (non-hydrogen) atoms. The number of aromatic hydroxyl groups is 1. The molecule has 148 valence electrons. The lowest BCUT2D eigenvalue weighted by Gasteiger charge is -2.31. The minimum Gasteiger partial charge on any atom is -0.507 e. The molecule has 0 bridgehead atoms. The van der Waals surface area contributed by atoms with Gasteiger partial charge in [-0.05, 0) is 44.1 Å². The Morgan fingerprint density at radius 2 is 2.07 bits per heavy atom. The number of imidazole rings is 1. The lowest BCUT2D eigenvalue weighted by molar-refractivity contribution is 0.443. The molecule has 4 heterocycles. The number of thiazole rings is 1. The van der Waals surface area contributed by atoms with Crippen LogP contribution in [0.25, 0.3) is 27.3 Å². The van der Waals surface area contributed by atoms with Crippen LogP contribution in [0.4, 0.5) is 5.13 Å². The SMILES string of the molecule is CN(c1nc2nnc(-c3ccc(-n4ccnc4)cc3O)cc2s1)C1CCNCC1. The highest BCUT2D eigenvalue weighted by molar-refractivity contribution is 7.22. The molecule has 0 radical (unpaired) electrons. The number of hydrogen-bond donors (Lipinski definition) is 2. The molecule has 1 fully saturated rings. The summed E-state index contributed by atoms with van der Waals surface area (Å²) in [5, 5.41) is 23.5. The Bertz CT molecular complexity index is 1140. The molecule has 4 aromatic rings. The second kappa shape index (κ2) is 7.41. The normalized spacial score (nSPS) is 15.1. The molecule has 5 rings (SSSR count). The van der Waals surface area contributed by atoms with Crippen LogP contribution in [0.3, 0.4) is 0 Å². The quantitative estimate of drug-likeness (QED) is 0.537. The Kier molecular flexibility index (Phi) is 4.61. The molecular weight excluding hydrogens is 386 g/mol. The van der Waals surface area contributed by atoms with Crippen LogP contribution in [0, 0.1) is 0 Å². The Balaban J connectivity index is 1.45. The Labute approximate surface area is 171 Å². The van der Waals surface area contributed by atoms with E-state index in [0.29, 0.717) is 22.9 Å². The molecule has 1 aromatic carbocycles. The molecule has 0 spiro atoms. The smallest absolute Gasteiger partial charge is 0.194 e. The summed E-state index contributed by atoms with van der Waals surface area (Å²) in [7, 11) is 2.10. The fourth-order valence-electron chi connectivity index (χ4n) is 3.67. The predicted octanol–water partition coefficient (Wildman–Crippen LogP) is 2.83. The Morgan fingerprint density at radius 3 is 2.83 bits per heavy atom. The van der Waals surface area contributed by atoms with Crippen LogP contribution in [-0.2, 0) is 0 Å². The summed E-state index contributed by atoms with van der Waals surface area (Å²) >= 11 is 1.61. The Hall–Kier alpha value is -3.04. The predicted molar refractivity (Wildman–Crippen MR) is 114 cm³/mol. The zero-order valence-electron chi connectivity index (χ0n) is 16.0. The van der Waals surface area contributed by atoms with Gasteiger partial charge in [0.05, 0.1) is 22.4 Å². The summed E-state index contributed by atoms with van der Waals surface area (Å²) in [6.45, 7) is 2.08. The van der Waals surface area contributed by atoms with Gasteiger partial charge in [-0.1, -0.05) is 11.3 Å². The number of aromatic nitrogens is 5. The highest BCUT2D eigenvalue weighted by Crippen LogP contribution is 2.34. The van der Waals surface area contributed by atoms with E-state index >= 15 is 0 Å². The van der Waals surface area contributed by atoms with E-state index in [0.717, 1.165) is 41.5 Å². The van der Waals surface area contributed by atoms with Crippen molar-refractivity contribution in [3.05, 3.63) is 43.0 Å². The van der Waals surface area contributed by atoms with Crippen molar-refractivity contribution < 1.29 is 5.11 Å². The number of hydrogen-bond acceptors (Lipinski definition) is 8. The number of fused-ring (bicyclic) bond motifs is 1. The molecule has 0 atom stereocenters. The maximum Gasteiger partial charge on any atom is 0.194 e. The minimum atomic E-state index is 0.154. The maximum atomic E-state index is 10.6. The van der Waals surface area contributed by atoms with Gasteiger partial charge < -0.3 is 19.9 Å². The molecule has 1 aliphatic heterocycles. The fraction of sp³-hybridized carbons (Fsp3) is 0.300. The molecule has 1 saturated heterocycles. The van der Waals surface area contributed by atoms with Crippen LogP contribution >= 0.6 is 11.3 Å². The van der Waals surface area contributed by atoms with Crippen molar-refractivity contribution in [1.29, 1.82) is 0 Å². The second-order valence-corrected chi connectivity index (χ2v) is 8.19. The van der Waals surface area contributed by atoms with Crippen LogP contribution in [0.1, 0.15) is 12.8 Å². The van der Waals surface area contributed by atoms with Crippen molar-refractivity contribution >= 4 is 26.8 Å². The number of phenolic OH excluding ortho intramolecular Hbond substituents is 1. The first-order valence-corrected chi connectivity index (χ1v) is 10.4. The summed E-state index contributed by atoms with van der Waals surface area (Å²) in [5.41, 5.74) is 2.75. The van der Waals surface area contributed by atoms with Gasteiger partial charge in [0.1, 0.15) is 5.75 Å². The zero-order chi connectivity index (χ0) is 19.8. The van der Waals surface area contributed by atoms with Crippen LogP contribution in [-0.4, -0.2) is 56.0 Å². The first-order valence-electron chi connectivity index (χ1n) is 9.58. The molecular formula is C20H21N7OS. The number of anilines is 1. The van der Waals surface area contributed by atoms with Crippen LogP contribution in [0.5, 0.6) is 5.75 Å². The molecule has 9 heteroatoms. The van der Waals surface area contributed by atoms with E-state index in [1.54, 1.807) is 29.9 Å². The summed E-state index contributed by atoms with van der Waals surface area (Å²) in [6.07, 6.45) is 7.45. The zero-order valence-corrected chi connectivity index (χ0v) is 16.8. The average molecular weight is 408 g/mol. The van der Waals surface area contributed by atoms with Crippen molar-refractivity contribution in [1.82, 2.24) is 30.0 Å². The fourth-order valence-corrected chi connectivity index (χ4v) is 4.64. The van der Waals surface area contributed by atoms with Gasteiger partial charge >= 0.3 is 0 Å². The number of nitrogens with zero attached hydrogens (tertiary/aromatic N) is 6. The number of rotatable bonds is 4. The van der Waals surface area contributed by atoms with E-state index in [1.165, 1.54) is 0 Å². The van der Waals surface area contributed by atoms with E-state index in [2.05, 4.69) is 37.4 Å². The van der Waals surface area contributed by atoms with Gasteiger partial charge in [-0.2, -0.15) is 4.98 Å². The molecule has 0 unspecified atom stereocenters. The van der Waals surface area contributed by atoms with Crippen LogP contribution < -0.4 is 10.2 Å². The van der Waals surface area contributed by atoms with Gasteiger partial charge in [0.25, 0.3) is 0 Å². The first kappa shape index (κ1) is 18.0. The standard InChI is InChI=1S/C20H21N7OS/c1-26(13-4-6-21-7-5-13)20-23-19-18(29-20)11-16(24-25-19)15-3-2-14(10-17(15)28)27-9-8-22-12-27/h2-3,8-13,21,28H,4-7H2,1H3. The number of benzene rings is 1. The highest BCUT2D eigenvalue weighted by Gasteiger charge is 2.21. The topological polar surface area (TPSA) is 92.0 Å². The van der Waals surface area contributed by atoms with E-state index in [9.17, 15) is 5.11 Å². The third-order valence-electron chi connectivity index (χ3n) is 5.36. The number of piperidine rings is 1. The summed E-state index contributed by atoms with van der Waals surface area (Å²) in [5.74, 6) is 0.154. The van der Waals surface area contributed by atoms with Gasteiger partial charge in [-0.15, -0.1) is 10.2 Å². The summed E-state index contributed by atoms with van der Waals surface area (Å²) < 4.78 is 2.80. The molecule has 2 N–H and O–H groups in total. The van der Waals surface area contributed by atoms with E-state index in [4.69, 9.17) is 0 Å². The molecule has 0 aliphatic carbocycles.